The Labute approximate surface area is 193 Å². The third-order valence-corrected chi connectivity index (χ3v) is 5.49. The van der Waals surface area contributed by atoms with Crippen LogP contribution in [0, 0.1) is 11.6 Å². The summed E-state index contributed by atoms with van der Waals surface area (Å²) >= 11 is 0. The molecule has 0 atom stereocenters. The minimum absolute atomic E-state index is 0.191. The zero-order valence-corrected chi connectivity index (χ0v) is 18.7. The first kappa shape index (κ1) is 23.7. The number of rotatable bonds is 8. The van der Waals surface area contributed by atoms with Gasteiger partial charge in [0.05, 0.1) is 11.9 Å². The molecule has 2 aromatic heterocycles. The largest absolute Gasteiger partial charge is 0.472 e. The van der Waals surface area contributed by atoms with Gasteiger partial charge in [-0.25, -0.2) is 22.4 Å². The highest BCUT2D eigenvalue weighted by atomic mass is 31.2. The van der Waals surface area contributed by atoms with Crippen LogP contribution in [0.4, 0.5) is 14.6 Å². The van der Waals surface area contributed by atoms with Gasteiger partial charge in [-0.15, -0.1) is 0 Å². The van der Waals surface area contributed by atoms with Crippen LogP contribution >= 0.6 is 7.82 Å². The molecule has 34 heavy (non-hydrogen) atoms. The number of hydrogen-bond donors (Lipinski definition) is 3. The molecule has 2 heterocycles. The fourth-order valence-corrected chi connectivity index (χ4v) is 3.75. The maximum atomic E-state index is 13.4. The Morgan fingerprint density at radius 2 is 1.62 bits per heavy atom. The van der Waals surface area contributed by atoms with Crippen molar-refractivity contribution >= 4 is 13.6 Å². The lowest BCUT2D eigenvalue weighted by atomic mass is 10.0. The van der Waals surface area contributed by atoms with Gasteiger partial charge in [0.1, 0.15) is 17.2 Å². The average Bonchev–Trinajstić information content (AvgIpc) is 3.21. The van der Waals surface area contributed by atoms with Crippen molar-refractivity contribution in [2.75, 3.05) is 5.73 Å². The predicted octanol–water partition coefficient (Wildman–Crippen LogP) is 3.74. The first-order valence-electron chi connectivity index (χ1n) is 10.1. The third kappa shape index (κ3) is 6.12. The molecule has 0 aliphatic carbocycles. The second kappa shape index (κ2) is 9.82. The van der Waals surface area contributed by atoms with Crippen LogP contribution in [0.15, 0.2) is 71.4 Å². The van der Waals surface area contributed by atoms with E-state index in [0.29, 0.717) is 35.4 Å². The van der Waals surface area contributed by atoms with Gasteiger partial charge in [0.15, 0.2) is 5.76 Å². The summed E-state index contributed by atoms with van der Waals surface area (Å²) in [5.41, 5.74) is 9.66. The number of anilines is 1. The number of pyridine rings is 1. The number of halogens is 2. The Balaban J connectivity index is 1.44. The molecule has 0 spiro atoms. The zero-order valence-electron chi connectivity index (χ0n) is 17.8. The van der Waals surface area contributed by atoms with E-state index in [4.69, 9.17) is 20.0 Å². The smallest absolute Gasteiger partial charge is 0.356 e. The van der Waals surface area contributed by atoms with Gasteiger partial charge in [0, 0.05) is 18.6 Å². The van der Waals surface area contributed by atoms with Gasteiger partial charge in [-0.05, 0) is 47.4 Å². The topological polar surface area (TPSA) is 123 Å². The van der Waals surface area contributed by atoms with Crippen LogP contribution in [0.3, 0.4) is 0 Å². The number of nitrogens with zero attached hydrogens (tertiary/aromatic N) is 2. The van der Waals surface area contributed by atoms with Crippen molar-refractivity contribution in [2.24, 2.45) is 0 Å². The van der Waals surface area contributed by atoms with E-state index in [1.54, 1.807) is 18.2 Å². The molecule has 0 aliphatic heterocycles. The number of phosphoric ester groups is 1. The summed E-state index contributed by atoms with van der Waals surface area (Å²) in [6.45, 7) is -0.431. The van der Waals surface area contributed by atoms with Crippen molar-refractivity contribution in [3.63, 3.8) is 0 Å². The Hall–Kier alpha value is -3.43. The zero-order chi connectivity index (χ0) is 24.3. The van der Waals surface area contributed by atoms with Crippen LogP contribution < -0.4 is 10.3 Å². The molecule has 11 heteroatoms. The number of hydrogen-bond acceptors (Lipinski definition) is 5. The molecular weight excluding hydrogens is 467 g/mol. The minimum Gasteiger partial charge on any atom is -0.356 e. The van der Waals surface area contributed by atoms with E-state index in [1.807, 2.05) is 24.3 Å². The average molecular weight is 488 g/mol. The number of benzene rings is 2. The fraction of sp³-hybridized carbons (Fsp3) is 0.130. The lowest BCUT2D eigenvalue weighted by Gasteiger charge is -2.07. The highest BCUT2D eigenvalue weighted by Crippen LogP contribution is 2.35. The number of aromatic nitrogens is 2. The van der Waals surface area contributed by atoms with E-state index in [1.165, 1.54) is 22.9 Å². The Bertz CT molecular complexity index is 1330. The molecule has 0 fully saturated rings. The van der Waals surface area contributed by atoms with Crippen LogP contribution in [0.2, 0.25) is 0 Å². The van der Waals surface area contributed by atoms with E-state index in [-0.39, 0.29) is 5.82 Å². The molecule has 176 valence electrons. The second-order valence-electron chi connectivity index (χ2n) is 7.66. The van der Waals surface area contributed by atoms with Crippen molar-refractivity contribution in [1.82, 2.24) is 5.16 Å². The highest BCUT2D eigenvalue weighted by molar-refractivity contribution is 7.46. The van der Waals surface area contributed by atoms with Crippen molar-refractivity contribution in [2.45, 2.75) is 19.6 Å². The van der Waals surface area contributed by atoms with Crippen molar-refractivity contribution in [3.8, 4) is 11.3 Å². The standard InChI is InChI=1S/C23H20F2N3O5P/c24-18-9-17(10-19(25)12-18)8-15-3-5-16(6-4-15)11-20-13-22(33-27-20)21-2-1-7-28(23(21)26)14-32-34(29,30)31/h1-7,9-10,12-13,26H,8,11,14H2,(H2,29,30,31)/p+1. The quantitative estimate of drug-likeness (QED) is 0.255. The van der Waals surface area contributed by atoms with Gasteiger partial charge >= 0.3 is 7.82 Å². The molecule has 0 aliphatic rings. The molecule has 0 saturated heterocycles. The normalized spacial score (nSPS) is 11.6. The van der Waals surface area contributed by atoms with Crippen molar-refractivity contribution in [3.05, 3.63) is 101 Å². The lowest BCUT2D eigenvalue weighted by Crippen LogP contribution is -2.38. The Morgan fingerprint density at radius 1 is 0.971 bits per heavy atom. The Kier molecular flexibility index (Phi) is 6.85. The molecule has 4 rings (SSSR count). The predicted molar refractivity (Wildman–Crippen MR) is 118 cm³/mol. The first-order valence-corrected chi connectivity index (χ1v) is 11.7. The summed E-state index contributed by atoms with van der Waals surface area (Å²) in [5.74, 6) is -0.626. The Morgan fingerprint density at radius 3 is 2.26 bits per heavy atom. The van der Waals surface area contributed by atoms with E-state index < -0.39 is 26.2 Å². The van der Waals surface area contributed by atoms with E-state index >= 15 is 0 Å². The van der Waals surface area contributed by atoms with E-state index in [9.17, 15) is 13.3 Å². The number of nitrogen functional groups attached to an aromatic ring is 1. The van der Waals surface area contributed by atoms with Crippen LogP contribution in [0.25, 0.3) is 11.3 Å². The summed E-state index contributed by atoms with van der Waals surface area (Å²) in [6, 6.07) is 16.1. The third-order valence-electron chi connectivity index (χ3n) is 5.04. The van der Waals surface area contributed by atoms with Gasteiger partial charge in [-0.2, -0.15) is 0 Å². The van der Waals surface area contributed by atoms with Gasteiger partial charge < -0.3 is 14.3 Å². The molecular formula is C23H21F2N3O5P+. The van der Waals surface area contributed by atoms with Crippen LogP contribution in [0.1, 0.15) is 22.4 Å². The maximum absolute atomic E-state index is 13.4. The molecule has 0 bridgehead atoms. The molecule has 0 radical (unpaired) electrons. The summed E-state index contributed by atoms with van der Waals surface area (Å²) in [4.78, 5) is 17.8. The molecule has 4 aromatic rings. The van der Waals surface area contributed by atoms with E-state index in [0.717, 1.165) is 17.2 Å². The lowest BCUT2D eigenvalue weighted by molar-refractivity contribution is -0.711. The van der Waals surface area contributed by atoms with Gasteiger partial charge in [-0.3, -0.25) is 5.73 Å². The summed E-state index contributed by atoms with van der Waals surface area (Å²) in [6.07, 6.45) is 2.40. The van der Waals surface area contributed by atoms with Crippen LogP contribution in [-0.2, 0) is 28.7 Å². The van der Waals surface area contributed by atoms with E-state index in [2.05, 4.69) is 9.68 Å². The van der Waals surface area contributed by atoms with Gasteiger partial charge in [0.25, 0.3) is 5.82 Å². The number of nitrogens with two attached hydrogens (primary N) is 1. The van der Waals surface area contributed by atoms with Gasteiger partial charge in [0.2, 0.25) is 6.73 Å². The molecule has 2 aromatic carbocycles. The molecule has 8 nitrogen and oxygen atoms in total. The molecule has 0 unspecified atom stereocenters. The van der Waals surface area contributed by atoms with Crippen molar-refractivity contribution in [1.29, 1.82) is 0 Å². The minimum atomic E-state index is -4.65. The SMILES string of the molecule is Nc1c(-c2cc(Cc3ccc(Cc4cc(F)cc(F)c4)cc3)no2)ccc[n+]1COP(=O)(O)O. The fourth-order valence-electron chi connectivity index (χ4n) is 3.48. The van der Waals surface area contributed by atoms with Gasteiger partial charge in [-0.1, -0.05) is 29.4 Å². The molecule has 0 amide bonds. The monoisotopic (exact) mass is 488 g/mol. The summed E-state index contributed by atoms with van der Waals surface area (Å²) in [5, 5.41) is 4.07. The highest BCUT2D eigenvalue weighted by Gasteiger charge is 2.20. The molecule has 0 saturated carbocycles. The van der Waals surface area contributed by atoms with Crippen LogP contribution in [-0.4, -0.2) is 14.9 Å². The van der Waals surface area contributed by atoms with Crippen LogP contribution in [0.5, 0.6) is 0 Å². The summed E-state index contributed by atoms with van der Waals surface area (Å²) < 4.78 is 49.0. The first-order chi connectivity index (χ1) is 16.2. The summed E-state index contributed by atoms with van der Waals surface area (Å²) in [7, 11) is -4.65. The second-order valence-corrected chi connectivity index (χ2v) is 8.90. The van der Waals surface area contributed by atoms with Crippen molar-refractivity contribution < 1.29 is 36.7 Å². The number of phosphoric acid groups is 1. The molecule has 4 N–H and O–H groups in total. The maximum Gasteiger partial charge on any atom is 0.472 e.